The lowest BCUT2D eigenvalue weighted by atomic mass is 9.96. The fourth-order valence-corrected chi connectivity index (χ4v) is 6.28. The monoisotopic (exact) mass is 489 g/mol. The number of carboxylic acid groups (broad SMARTS) is 1. The van der Waals surface area contributed by atoms with Crippen LogP contribution in [0.5, 0.6) is 0 Å². The van der Waals surface area contributed by atoms with Crippen molar-refractivity contribution in [2.45, 2.75) is 82.6 Å². The predicted octanol–water partition coefficient (Wildman–Crippen LogP) is 3.18. The minimum atomic E-state index is -1.10. The molecule has 1 saturated heterocycles. The van der Waals surface area contributed by atoms with E-state index in [1.165, 1.54) is 0 Å². The number of nitrogens with zero attached hydrogens (tertiary/aromatic N) is 1. The SMILES string of the molecule is CC[C@H](C)[C@H](NC(=O)[C@H](CC(C)C)NC(=O)[C@H]1N2C(=O)c3ccccc3[C@@H]2SC1(C)C)C(=O)O. The van der Waals surface area contributed by atoms with Gasteiger partial charge in [0.15, 0.2) is 0 Å². The molecule has 2 heterocycles. The third kappa shape index (κ3) is 4.94. The Hall–Kier alpha value is -2.55. The second-order valence-electron chi connectivity index (χ2n) is 10.2. The lowest BCUT2D eigenvalue weighted by Gasteiger charge is -2.32. The quantitative estimate of drug-likeness (QED) is 0.491. The lowest BCUT2D eigenvalue weighted by molar-refractivity contribution is -0.144. The first kappa shape index (κ1) is 26.1. The number of thioether (sulfide) groups is 1. The van der Waals surface area contributed by atoms with Gasteiger partial charge in [-0.1, -0.05) is 52.3 Å². The van der Waals surface area contributed by atoms with Gasteiger partial charge in [-0.2, -0.15) is 0 Å². The van der Waals surface area contributed by atoms with Crippen molar-refractivity contribution in [2.75, 3.05) is 0 Å². The van der Waals surface area contributed by atoms with Crippen molar-refractivity contribution in [1.82, 2.24) is 15.5 Å². The molecule has 3 rings (SSSR count). The zero-order valence-electron chi connectivity index (χ0n) is 20.6. The van der Waals surface area contributed by atoms with Crippen molar-refractivity contribution >= 4 is 35.5 Å². The molecule has 3 amide bonds. The summed E-state index contributed by atoms with van der Waals surface area (Å²) in [6.07, 6.45) is 0.938. The number of amides is 3. The molecule has 1 fully saturated rings. The van der Waals surface area contributed by atoms with Crippen LogP contribution in [0.2, 0.25) is 0 Å². The molecule has 1 aromatic carbocycles. The average molecular weight is 490 g/mol. The van der Waals surface area contributed by atoms with Crippen molar-refractivity contribution in [1.29, 1.82) is 0 Å². The summed E-state index contributed by atoms with van der Waals surface area (Å²) in [7, 11) is 0. The molecule has 0 unspecified atom stereocenters. The number of carboxylic acids is 1. The highest BCUT2D eigenvalue weighted by atomic mass is 32.2. The summed E-state index contributed by atoms with van der Waals surface area (Å²) in [6, 6.07) is 4.67. The third-order valence-corrected chi connectivity index (χ3v) is 8.20. The summed E-state index contributed by atoms with van der Waals surface area (Å²) >= 11 is 1.56. The molecule has 2 aliphatic rings. The number of nitrogens with one attached hydrogen (secondary N) is 2. The van der Waals surface area contributed by atoms with Gasteiger partial charge in [0.25, 0.3) is 5.91 Å². The molecule has 186 valence electrons. The minimum Gasteiger partial charge on any atom is -0.480 e. The van der Waals surface area contributed by atoms with Crippen LogP contribution in [-0.4, -0.2) is 56.6 Å². The van der Waals surface area contributed by atoms with Crippen LogP contribution in [0, 0.1) is 11.8 Å². The first-order chi connectivity index (χ1) is 15.9. The fraction of sp³-hybridized carbons (Fsp3) is 0.600. The number of benzene rings is 1. The molecular formula is C25H35N3O5S. The van der Waals surface area contributed by atoms with Crippen molar-refractivity contribution in [3.8, 4) is 0 Å². The number of carbonyl (C=O) groups is 4. The Bertz CT molecular complexity index is 979. The molecule has 2 aliphatic heterocycles. The number of aliphatic carboxylic acids is 1. The van der Waals surface area contributed by atoms with Gasteiger partial charge in [-0.25, -0.2) is 4.79 Å². The topological polar surface area (TPSA) is 116 Å². The van der Waals surface area contributed by atoms with Crippen LogP contribution in [0.1, 0.15) is 75.7 Å². The van der Waals surface area contributed by atoms with Crippen molar-refractivity contribution in [3.05, 3.63) is 35.4 Å². The van der Waals surface area contributed by atoms with E-state index in [2.05, 4.69) is 10.6 Å². The Labute approximate surface area is 205 Å². The molecular weight excluding hydrogens is 454 g/mol. The van der Waals surface area contributed by atoms with E-state index in [0.29, 0.717) is 18.4 Å². The Morgan fingerprint density at radius 2 is 1.79 bits per heavy atom. The highest BCUT2D eigenvalue weighted by Gasteiger charge is 2.57. The maximum atomic E-state index is 13.6. The zero-order valence-corrected chi connectivity index (χ0v) is 21.4. The van der Waals surface area contributed by atoms with Crippen LogP contribution < -0.4 is 10.6 Å². The van der Waals surface area contributed by atoms with Gasteiger partial charge < -0.3 is 20.6 Å². The van der Waals surface area contributed by atoms with Gasteiger partial charge in [0.1, 0.15) is 23.5 Å². The summed E-state index contributed by atoms with van der Waals surface area (Å²) in [5.74, 6) is -2.40. The second kappa shape index (κ2) is 9.98. The summed E-state index contributed by atoms with van der Waals surface area (Å²) in [5, 5.41) is 14.8. The summed E-state index contributed by atoms with van der Waals surface area (Å²) < 4.78 is -0.572. The minimum absolute atomic E-state index is 0.0827. The van der Waals surface area contributed by atoms with Gasteiger partial charge in [-0.15, -0.1) is 11.8 Å². The van der Waals surface area contributed by atoms with Crippen LogP contribution in [-0.2, 0) is 14.4 Å². The largest absolute Gasteiger partial charge is 0.480 e. The molecule has 0 bridgehead atoms. The maximum absolute atomic E-state index is 13.6. The molecule has 5 atom stereocenters. The summed E-state index contributed by atoms with van der Waals surface area (Å²) in [5.41, 5.74) is 1.50. The van der Waals surface area contributed by atoms with Crippen LogP contribution in [0.25, 0.3) is 0 Å². The summed E-state index contributed by atoms with van der Waals surface area (Å²) in [6.45, 7) is 11.4. The number of fused-ring (bicyclic) bond motifs is 3. The maximum Gasteiger partial charge on any atom is 0.326 e. The van der Waals surface area contributed by atoms with E-state index in [-0.39, 0.29) is 23.1 Å². The van der Waals surface area contributed by atoms with Gasteiger partial charge >= 0.3 is 5.97 Å². The molecule has 0 spiro atoms. The van der Waals surface area contributed by atoms with Gasteiger partial charge in [-0.3, -0.25) is 14.4 Å². The smallest absolute Gasteiger partial charge is 0.326 e. The Balaban J connectivity index is 1.83. The van der Waals surface area contributed by atoms with Crippen LogP contribution in [0.3, 0.4) is 0 Å². The Morgan fingerprint density at radius 1 is 1.15 bits per heavy atom. The molecule has 0 aliphatic carbocycles. The first-order valence-electron chi connectivity index (χ1n) is 11.8. The molecule has 1 aromatic rings. The highest BCUT2D eigenvalue weighted by molar-refractivity contribution is 8.01. The fourth-order valence-electron chi connectivity index (χ4n) is 4.70. The zero-order chi connectivity index (χ0) is 25.4. The first-order valence-corrected chi connectivity index (χ1v) is 12.7. The van der Waals surface area contributed by atoms with Crippen molar-refractivity contribution < 1.29 is 24.3 Å². The number of hydrogen-bond acceptors (Lipinski definition) is 5. The number of carbonyl (C=O) groups excluding carboxylic acids is 3. The van der Waals surface area contributed by atoms with Gasteiger partial charge in [0.2, 0.25) is 11.8 Å². The molecule has 0 aromatic heterocycles. The van der Waals surface area contributed by atoms with E-state index in [4.69, 9.17) is 0 Å². The summed E-state index contributed by atoms with van der Waals surface area (Å²) in [4.78, 5) is 53.2. The van der Waals surface area contributed by atoms with Crippen molar-refractivity contribution in [2.24, 2.45) is 11.8 Å². The Morgan fingerprint density at radius 3 is 2.38 bits per heavy atom. The van der Waals surface area contributed by atoms with Gasteiger partial charge in [-0.05, 0) is 43.7 Å². The molecule has 34 heavy (non-hydrogen) atoms. The van der Waals surface area contributed by atoms with Crippen molar-refractivity contribution in [3.63, 3.8) is 0 Å². The van der Waals surface area contributed by atoms with Gasteiger partial charge in [0.05, 0.1) is 0 Å². The second-order valence-corrected chi connectivity index (χ2v) is 11.9. The third-order valence-electron chi connectivity index (χ3n) is 6.66. The molecule has 8 nitrogen and oxygen atoms in total. The lowest BCUT2D eigenvalue weighted by Crippen LogP contribution is -2.59. The van der Waals surface area contributed by atoms with E-state index in [9.17, 15) is 24.3 Å². The van der Waals surface area contributed by atoms with E-state index in [0.717, 1.165) is 5.56 Å². The van der Waals surface area contributed by atoms with Crippen LogP contribution >= 0.6 is 11.8 Å². The number of rotatable bonds is 9. The van der Waals surface area contributed by atoms with Crippen LogP contribution in [0.4, 0.5) is 0 Å². The molecule has 9 heteroatoms. The van der Waals surface area contributed by atoms with E-state index in [1.54, 1.807) is 29.7 Å². The highest BCUT2D eigenvalue weighted by Crippen LogP contribution is 2.56. The molecule has 0 radical (unpaired) electrons. The van der Waals surface area contributed by atoms with E-state index < -0.39 is 40.7 Å². The van der Waals surface area contributed by atoms with E-state index in [1.807, 2.05) is 52.8 Å². The molecule has 0 saturated carbocycles. The van der Waals surface area contributed by atoms with E-state index >= 15 is 0 Å². The molecule has 3 N–H and O–H groups in total. The number of hydrogen-bond donors (Lipinski definition) is 3. The predicted molar refractivity (Wildman–Crippen MR) is 131 cm³/mol. The normalized spacial score (nSPS) is 23.1. The van der Waals surface area contributed by atoms with Crippen LogP contribution in [0.15, 0.2) is 24.3 Å². The average Bonchev–Trinajstić information content (AvgIpc) is 3.19. The Kier molecular flexibility index (Phi) is 7.65. The van der Waals surface area contributed by atoms with Gasteiger partial charge in [0, 0.05) is 10.3 Å². The standard InChI is InChI=1S/C25H35N3O5S/c1-7-14(4)18(24(32)33)27-20(29)17(12-13(2)3)26-21(30)19-25(5,6)34-23-16-11-9-8-10-15(16)22(31)28(19)23/h8-11,13-14,17-19,23H,7,12H2,1-6H3,(H,26,30)(H,27,29)(H,32,33)/t14-,17-,18-,19+,23-/m0/s1.